The third-order valence-electron chi connectivity index (χ3n) is 4.43. The van der Waals surface area contributed by atoms with Crippen molar-refractivity contribution in [2.45, 2.75) is 39.2 Å². The Morgan fingerprint density at radius 3 is 2.87 bits per heavy atom. The largest absolute Gasteiger partial charge is 0.361 e. The van der Waals surface area contributed by atoms with E-state index in [-0.39, 0.29) is 6.04 Å². The molecule has 1 atom stereocenters. The average Bonchev–Trinajstić information content (AvgIpc) is 3.28. The number of hydrogen-bond acceptors (Lipinski definition) is 4. The number of rotatable bonds is 5. The SMILES string of the molecule is CCc1cc(N[C@@H](c2cc(C)ccn2)C2CC2)n2nccc2n1. The Labute approximate surface area is 135 Å². The maximum absolute atomic E-state index is 4.61. The summed E-state index contributed by atoms with van der Waals surface area (Å²) >= 11 is 0. The maximum atomic E-state index is 4.61. The molecule has 1 fully saturated rings. The van der Waals surface area contributed by atoms with Crippen LogP contribution in [0.1, 0.15) is 42.8 Å². The number of aromatic nitrogens is 4. The molecular formula is C18H21N5. The minimum atomic E-state index is 0.231. The molecule has 4 rings (SSSR count). The van der Waals surface area contributed by atoms with Crippen molar-refractivity contribution in [3.63, 3.8) is 0 Å². The van der Waals surface area contributed by atoms with Crippen molar-refractivity contribution in [2.24, 2.45) is 5.92 Å². The quantitative estimate of drug-likeness (QED) is 0.783. The molecular weight excluding hydrogens is 286 g/mol. The Balaban J connectivity index is 1.73. The molecule has 3 aromatic rings. The summed E-state index contributed by atoms with van der Waals surface area (Å²) in [5.74, 6) is 1.64. The van der Waals surface area contributed by atoms with Crippen LogP contribution in [0.5, 0.6) is 0 Å². The lowest BCUT2D eigenvalue weighted by atomic mass is 10.1. The Morgan fingerprint density at radius 2 is 2.13 bits per heavy atom. The van der Waals surface area contributed by atoms with Gasteiger partial charge in [0.2, 0.25) is 0 Å². The fourth-order valence-corrected chi connectivity index (χ4v) is 3.00. The molecule has 5 nitrogen and oxygen atoms in total. The van der Waals surface area contributed by atoms with Crippen LogP contribution in [0, 0.1) is 12.8 Å². The molecule has 1 N–H and O–H groups in total. The lowest BCUT2D eigenvalue weighted by molar-refractivity contribution is 0.649. The highest BCUT2D eigenvalue weighted by Crippen LogP contribution is 2.42. The topological polar surface area (TPSA) is 55.1 Å². The van der Waals surface area contributed by atoms with Crippen molar-refractivity contribution in [2.75, 3.05) is 5.32 Å². The smallest absolute Gasteiger partial charge is 0.157 e. The number of fused-ring (bicyclic) bond motifs is 1. The van der Waals surface area contributed by atoms with Crippen LogP contribution in [0.3, 0.4) is 0 Å². The third kappa shape index (κ3) is 2.79. The van der Waals surface area contributed by atoms with Gasteiger partial charge in [0.25, 0.3) is 0 Å². The van der Waals surface area contributed by atoms with Crippen molar-refractivity contribution in [3.05, 3.63) is 53.6 Å². The van der Waals surface area contributed by atoms with Crippen molar-refractivity contribution >= 4 is 11.5 Å². The normalized spacial score (nSPS) is 15.7. The van der Waals surface area contributed by atoms with Crippen LogP contribution in [-0.2, 0) is 6.42 Å². The summed E-state index contributed by atoms with van der Waals surface area (Å²) in [6.07, 6.45) is 7.11. The lowest BCUT2D eigenvalue weighted by Crippen LogP contribution is -2.17. The first-order valence-electron chi connectivity index (χ1n) is 8.27. The molecule has 3 aromatic heterocycles. The van der Waals surface area contributed by atoms with E-state index in [9.17, 15) is 0 Å². The fourth-order valence-electron chi connectivity index (χ4n) is 3.00. The third-order valence-corrected chi connectivity index (χ3v) is 4.43. The predicted octanol–water partition coefficient (Wildman–Crippen LogP) is 3.56. The molecule has 118 valence electrons. The van der Waals surface area contributed by atoms with Gasteiger partial charge in [-0.1, -0.05) is 6.92 Å². The van der Waals surface area contributed by atoms with Crippen LogP contribution >= 0.6 is 0 Å². The summed E-state index contributed by atoms with van der Waals surface area (Å²) in [7, 11) is 0. The summed E-state index contributed by atoms with van der Waals surface area (Å²) in [4.78, 5) is 9.21. The minimum Gasteiger partial charge on any atom is -0.361 e. The number of nitrogens with zero attached hydrogens (tertiary/aromatic N) is 4. The van der Waals surface area contributed by atoms with Crippen molar-refractivity contribution in [1.82, 2.24) is 19.6 Å². The van der Waals surface area contributed by atoms with Gasteiger partial charge in [0.1, 0.15) is 5.82 Å². The van der Waals surface area contributed by atoms with Gasteiger partial charge in [0.05, 0.1) is 17.9 Å². The first-order valence-corrected chi connectivity index (χ1v) is 8.27. The molecule has 0 aliphatic heterocycles. The van der Waals surface area contributed by atoms with Gasteiger partial charge in [0.15, 0.2) is 5.65 Å². The summed E-state index contributed by atoms with van der Waals surface area (Å²) in [6.45, 7) is 4.24. The zero-order valence-corrected chi connectivity index (χ0v) is 13.5. The lowest BCUT2D eigenvalue weighted by Gasteiger charge is -2.20. The van der Waals surface area contributed by atoms with Gasteiger partial charge in [-0.3, -0.25) is 4.98 Å². The van der Waals surface area contributed by atoms with Crippen LogP contribution in [0.25, 0.3) is 5.65 Å². The van der Waals surface area contributed by atoms with E-state index < -0.39 is 0 Å². The maximum Gasteiger partial charge on any atom is 0.157 e. The Morgan fingerprint density at radius 1 is 1.26 bits per heavy atom. The molecule has 0 aromatic carbocycles. The van der Waals surface area contributed by atoms with E-state index in [1.807, 2.05) is 22.8 Å². The first-order chi connectivity index (χ1) is 11.2. The van der Waals surface area contributed by atoms with E-state index in [1.54, 1.807) is 6.20 Å². The Kier molecular flexibility index (Phi) is 3.48. The van der Waals surface area contributed by atoms with E-state index in [0.29, 0.717) is 5.92 Å². The van der Waals surface area contributed by atoms with Gasteiger partial charge in [-0.2, -0.15) is 9.61 Å². The average molecular weight is 307 g/mol. The second-order valence-electron chi connectivity index (χ2n) is 6.30. The second kappa shape index (κ2) is 5.65. The number of pyridine rings is 1. The van der Waals surface area contributed by atoms with Crippen molar-refractivity contribution in [1.29, 1.82) is 0 Å². The molecule has 1 saturated carbocycles. The highest BCUT2D eigenvalue weighted by Gasteiger charge is 2.33. The summed E-state index contributed by atoms with van der Waals surface area (Å²) in [6, 6.07) is 8.50. The molecule has 0 spiro atoms. The van der Waals surface area contributed by atoms with E-state index in [0.717, 1.165) is 29.3 Å². The van der Waals surface area contributed by atoms with Gasteiger partial charge in [0, 0.05) is 24.0 Å². The molecule has 0 amide bonds. The molecule has 1 aliphatic rings. The first kappa shape index (κ1) is 14.2. The van der Waals surface area contributed by atoms with E-state index in [1.165, 1.54) is 18.4 Å². The van der Waals surface area contributed by atoms with Gasteiger partial charge >= 0.3 is 0 Å². The fraction of sp³-hybridized carbons (Fsp3) is 0.389. The monoisotopic (exact) mass is 307 g/mol. The zero-order valence-electron chi connectivity index (χ0n) is 13.5. The summed E-state index contributed by atoms with van der Waals surface area (Å²) in [5, 5.41) is 8.10. The highest BCUT2D eigenvalue weighted by atomic mass is 15.3. The van der Waals surface area contributed by atoms with Gasteiger partial charge in [-0.05, 0) is 49.8 Å². The minimum absolute atomic E-state index is 0.231. The van der Waals surface area contributed by atoms with E-state index >= 15 is 0 Å². The number of nitrogens with one attached hydrogen (secondary N) is 1. The number of anilines is 1. The molecule has 1 aliphatic carbocycles. The molecule has 0 bridgehead atoms. The van der Waals surface area contributed by atoms with Crippen LogP contribution in [0.15, 0.2) is 36.7 Å². The van der Waals surface area contributed by atoms with Crippen LogP contribution in [0.2, 0.25) is 0 Å². The molecule has 3 heterocycles. The summed E-state index contributed by atoms with van der Waals surface area (Å²) in [5.41, 5.74) is 4.32. The molecule has 0 saturated heterocycles. The van der Waals surface area contributed by atoms with Crippen LogP contribution < -0.4 is 5.32 Å². The molecule has 23 heavy (non-hydrogen) atoms. The Hall–Kier alpha value is -2.43. The molecule has 5 heteroatoms. The van der Waals surface area contributed by atoms with E-state index in [4.69, 9.17) is 0 Å². The van der Waals surface area contributed by atoms with E-state index in [2.05, 4.69) is 46.4 Å². The van der Waals surface area contributed by atoms with Gasteiger partial charge < -0.3 is 5.32 Å². The predicted molar refractivity (Wildman–Crippen MR) is 90.4 cm³/mol. The van der Waals surface area contributed by atoms with Gasteiger partial charge in [-0.25, -0.2) is 4.98 Å². The van der Waals surface area contributed by atoms with Crippen molar-refractivity contribution < 1.29 is 0 Å². The van der Waals surface area contributed by atoms with Crippen molar-refractivity contribution in [3.8, 4) is 0 Å². The van der Waals surface area contributed by atoms with Gasteiger partial charge in [-0.15, -0.1) is 0 Å². The zero-order chi connectivity index (χ0) is 15.8. The van der Waals surface area contributed by atoms with Crippen LogP contribution in [-0.4, -0.2) is 19.6 Å². The molecule has 0 radical (unpaired) electrons. The second-order valence-corrected chi connectivity index (χ2v) is 6.30. The van der Waals surface area contributed by atoms with Crippen LogP contribution in [0.4, 0.5) is 5.82 Å². The highest BCUT2D eigenvalue weighted by molar-refractivity contribution is 5.50. The standard InChI is InChI=1S/C18H21N5/c1-3-14-11-17(23-16(21-14)7-9-20-23)22-18(13-4-5-13)15-10-12(2)6-8-19-15/h6-11,13,18,22H,3-5H2,1-2H3/t18-/m1/s1. The molecule has 0 unspecified atom stereocenters. The number of hydrogen-bond donors (Lipinski definition) is 1. The summed E-state index contributed by atoms with van der Waals surface area (Å²) < 4.78 is 1.88. The number of aryl methyl sites for hydroxylation is 2. The Bertz CT molecular complexity index is 834.